The van der Waals surface area contributed by atoms with Gasteiger partial charge in [0.15, 0.2) is 5.78 Å². The van der Waals surface area contributed by atoms with Crippen LogP contribution in [0.5, 0.6) is 5.75 Å². The van der Waals surface area contributed by atoms with Gasteiger partial charge in [0.1, 0.15) is 5.75 Å². The first kappa shape index (κ1) is 22.0. The molecule has 5 nitrogen and oxygen atoms in total. The number of carbonyl (C=O) groups is 2. The Kier molecular flexibility index (Phi) is 7.63. The molecule has 3 rings (SSSR count). The summed E-state index contributed by atoms with van der Waals surface area (Å²) in [5, 5.41) is 3.11. The van der Waals surface area contributed by atoms with Crippen molar-refractivity contribution in [2.75, 3.05) is 20.2 Å². The van der Waals surface area contributed by atoms with E-state index in [1.165, 1.54) is 11.1 Å². The van der Waals surface area contributed by atoms with Crippen LogP contribution in [0.2, 0.25) is 0 Å². The first-order valence-corrected chi connectivity index (χ1v) is 10.7. The van der Waals surface area contributed by atoms with Crippen molar-refractivity contribution in [2.45, 2.75) is 52.1 Å². The summed E-state index contributed by atoms with van der Waals surface area (Å²) in [6.45, 7) is 6.75. The van der Waals surface area contributed by atoms with Crippen molar-refractivity contribution >= 4 is 11.7 Å². The molecule has 1 aliphatic heterocycles. The SMILES string of the molecule is COc1ccccc1CN1CCC(NC(=O)CCC(=O)c2ccc(C)c(C)c2)CC1. The summed E-state index contributed by atoms with van der Waals surface area (Å²) in [4.78, 5) is 27.1. The minimum Gasteiger partial charge on any atom is -0.496 e. The van der Waals surface area contributed by atoms with E-state index >= 15 is 0 Å². The van der Waals surface area contributed by atoms with E-state index in [-0.39, 0.29) is 30.6 Å². The van der Waals surface area contributed by atoms with Crippen molar-refractivity contribution in [3.63, 3.8) is 0 Å². The number of likely N-dealkylation sites (tertiary alicyclic amines) is 1. The lowest BCUT2D eigenvalue weighted by Gasteiger charge is -2.32. The summed E-state index contributed by atoms with van der Waals surface area (Å²) in [6.07, 6.45) is 2.34. The highest BCUT2D eigenvalue weighted by Crippen LogP contribution is 2.21. The normalized spacial score (nSPS) is 15.0. The Hall–Kier alpha value is -2.66. The van der Waals surface area contributed by atoms with Crippen molar-refractivity contribution in [3.8, 4) is 5.75 Å². The van der Waals surface area contributed by atoms with E-state index in [4.69, 9.17) is 4.74 Å². The Morgan fingerprint density at radius 2 is 1.77 bits per heavy atom. The van der Waals surface area contributed by atoms with Gasteiger partial charge in [-0.2, -0.15) is 0 Å². The maximum absolute atomic E-state index is 12.4. The number of aryl methyl sites for hydroxylation is 2. The van der Waals surface area contributed by atoms with Crippen LogP contribution in [-0.2, 0) is 11.3 Å². The van der Waals surface area contributed by atoms with Gasteiger partial charge in [-0.05, 0) is 49.9 Å². The van der Waals surface area contributed by atoms with Crippen molar-refractivity contribution in [1.29, 1.82) is 0 Å². The molecule has 0 unspecified atom stereocenters. The predicted octanol–water partition coefficient (Wildman–Crippen LogP) is 4.06. The zero-order chi connectivity index (χ0) is 21.5. The van der Waals surface area contributed by atoms with Gasteiger partial charge in [0.2, 0.25) is 5.91 Å². The number of carbonyl (C=O) groups excluding carboxylic acids is 2. The lowest BCUT2D eigenvalue weighted by atomic mass is 10.0. The maximum Gasteiger partial charge on any atom is 0.220 e. The Morgan fingerprint density at radius 1 is 1.03 bits per heavy atom. The molecule has 160 valence electrons. The van der Waals surface area contributed by atoms with Gasteiger partial charge in [0.25, 0.3) is 0 Å². The standard InChI is InChI=1S/C25H32N2O3/c1-18-8-9-20(16-19(18)2)23(28)10-11-25(29)26-22-12-14-27(15-13-22)17-21-6-4-5-7-24(21)30-3/h4-9,16,22H,10-15,17H2,1-3H3,(H,26,29). The number of hydrogen-bond donors (Lipinski definition) is 1. The molecule has 2 aromatic rings. The van der Waals surface area contributed by atoms with Crippen molar-refractivity contribution in [3.05, 3.63) is 64.7 Å². The van der Waals surface area contributed by atoms with E-state index in [9.17, 15) is 9.59 Å². The Morgan fingerprint density at radius 3 is 2.47 bits per heavy atom. The Bertz CT molecular complexity index is 886. The first-order chi connectivity index (χ1) is 14.5. The van der Waals surface area contributed by atoms with Gasteiger partial charge in [-0.25, -0.2) is 0 Å². The summed E-state index contributed by atoms with van der Waals surface area (Å²) in [5.41, 5.74) is 4.15. The van der Waals surface area contributed by atoms with Crippen molar-refractivity contribution < 1.29 is 14.3 Å². The maximum atomic E-state index is 12.4. The molecule has 1 fully saturated rings. The number of nitrogens with one attached hydrogen (secondary N) is 1. The Balaban J connectivity index is 1.40. The number of nitrogens with zero attached hydrogens (tertiary/aromatic N) is 1. The van der Waals surface area contributed by atoms with Gasteiger partial charge in [0.05, 0.1) is 7.11 Å². The topological polar surface area (TPSA) is 58.6 Å². The lowest BCUT2D eigenvalue weighted by Crippen LogP contribution is -2.44. The fourth-order valence-corrected chi connectivity index (χ4v) is 3.90. The average molecular weight is 409 g/mol. The zero-order valence-electron chi connectivity index (χ0n) is 18.2. The number of methoxy groups -OCH3 is 1. The summed E-state index contributed by atoms with van der Waals surface area (Å²) < 4.78 is 5.44. The second-order valence-corrected chi connectivity index (χ2v) is 8.15. The Labute approximate surface area is 179 Å². The molecule has 0 aliphatic carbocycles. The molecule has 0 bridgehead atoms. The minimum absolute atomic E-state index is 0.0277. The fourth-order valence-electron chi connectivity index (χ4n) is 3.90. The van der Waals surface area contributed by atoms with Crippen molar-refractivity contribution in [2.24, 2.45) is 0 Å². The third kappa shape index (κ3) is 5.92. The van der Waals surface area contributed by atoms with Crippen molar-refractivity contribution in [1.82, 2.24) is 10.2 Å². The molecule has 0 radical (unpaired) electrons. The van der Waals surface area contributed by atoms with E-state index in [1.807, 2.05) is 50.2 Å². The van der Waals surface area contributed by atoms with Crippen LogP contribution >= 0.6 is 0 Å². The summed E-state index contributed by atoms with van der Waals surface area (Å²) in [5.74, 6) is 0.914. The van der Waals surface area contributed by atoms with Gasteiger partial charge in [-0.15, -0.1) is 0 Å². The second kappa shape index (κ2) is 10.4. The van der Waals surface area contributed by atoms with Crippen LogP contribution in [-0.4, -0.2) is 42.8 Å². The fraction of sp³-hybridized carbons (Fsp3) is 0.440. The van der Waals surface area contributed by atoms with Crippen LogP contribution in [0.25, 0.3) is 0 Å². The molecule has 0 aromatic heterocycles. The lowest BCUT2D eigenvalue weighted by molar-refractivity contribution is -0.122. The van der Waals surface area contributed by atoms with E-state index < -0.39 is 0 Å². The number of hydrogen-bond acceptors (Lipinski definition) is 4. The number of Topliss-reactive ketones (excluding diaryl/α,β-unsaturated/α-hetero) is 1. The summed E-state index contributed by atoms with van der Waals surface area (Å²) in [7, 11) is 1.70. The molecular weight excluding hydrogens is 376 g/mol. The smallest absolute Gasteiger partial charge is 0.220 e. The molecule has 1 amide bonds. The first-order valence-electron chi connectivity index (χ1n) is 10.7. The van der Waals surface area contributed by atoms with Crippen LogP contribution < -0.4 is 10.1 Å². The summed E-state index contributed by atoms with van der Waals surface area (Å²) in [6, 6.07) is 14.0. The van der Waals surface area contributed by atoms with E-state index in [2.05, 4.69) is 16.3 Å². The highest BCUT2D eigenvalue weighted by Gasteiger charge is 2.21. The molecule has 1 heterocycles. The molecule has 0 spiro atoms. The van der Waals surface area contributed by atoms with Gasteiger partial charge in [0, 0.05) is 49.6 Å². The molecule has 0 atom stereocenters. The third-order valence-corrected chi connectivity index (χ3v) is 5.95. The van der Waals surface area contributed by atoms with Crippen LogP contribution in [0, 0.1) is 13.8 Å². The molecule has 5 heteroatoms. The van der Waals surface area contributed by atoms with Crippen LogP contribution in [0.4, 0.5) is 0 Å². The molecule has 1 aliphatic rings. The van der Waals surface area contributed by atoms with Gasteiger partial charge in [-0.1, -0.05) is 30.3 Å². The molecule has 1 saturated heterocycles. The highest BCUT2D eigenvalue weighted by molar-refractivity contribution is 5.98. The number of ether oxygens (including phenoxy) is 1. The average Bonchev–Trinajstić information content (AvgIpc) is 2.75. The summed E-state index contributed by atoms with van der Waals surface area (Å²) >= 11 is 0. The second-order valence-electron chi connectivity index (χ2n) is 8.15. The van der Waals surface area contributed by atoms with Crippen LogP contribution in [0.3, 0.4) is 0 Å². The largest absolute Gasteiger partial charge is 0.496 e. The van der Waals surface area contributed by atoms with Gasteiger partial charge < -0.3 is 10.1 Å². The highest BCUT2D eigenvalue weighted by atomic mass is 16.5. The minimum atomic E-state index is -0.0321. The number of ketones is 1. The zero-order valence-corrected chi connectivity index (χ0v) is 18.2. The number of para-hydroxylation sites is 1. The number of piperidine rings is 1. The van der Waals surface area contributed by atoms with Crippen LogP contribution in [0.1, 0.15) is 52.7 Å². The van der Waals surface area contributed by atoms with E-state index in [0.29, 0.717) is 5.56 Å². The van der Waals surface area contributed by atoms with Gasteiger partial charge >= 0.3 is 0 Å². The van der Waals surface area contributed by atoms with Crippen LogP contribution in [0.15, 0.2) is 42.5 Å². The van der Waals surface area contributed by atoms with E-state index in [1.54, 1.807) is 7.11 Å². The monoisotopic (exact) mass is 408 g/mol. The molecule has 1 N–H and O–H groups in total. The molecule has 30 heavy (non-hydrogen) atoms. The predicted molar refractivity (Wildman–Crippen MR) is 119 cm³/mol. The number of amides is 1. The molecule has 0 saturated carbocycles. The third-order valence-electron chi connectivity index (χ3n) is 5.95. The molecular formula is C25H32N2O3. The number of rotatable bonds is 8. The quantitative estimate of drug-likeness (QED) is 0.670. The van der Waals surface area contributed by atoms with E-state index in [0.717, 1.165) is 43.8 Å². The van der Waals surface area contributed by atoms with Gasteiger partial charge in [-0.3, -0.25) is 14.5 Å². The molecule has 2 aromatic carbocycles. The number of benzene rings is 2.